The first-order valence-electron chi connectivity index (χ1n) is 6.94. The lowest BCUT2D eigenvalue weighted by Crippen LogP contribution is -2.41. The number of hydrogen-bond donors (Lipinski definition) is 0. The Morgan fingerprint density at radius 1 is 1.14 bits per heavy atom. The largest absolute Gasteiger partial charge is 0.497 e. The lowest BCUT2D eigenvalue weighted by Gasteiger charge is -2.32. The van der Waals surface area contributed by atoms with Crippen molar-refractivity contribution in [2.45, 2.75) is 38.9 Å². The second-order valence-electron chi connectivity index (χ2n) is 6.26. The molecule has 3 rings (SSSR count). The van der Waals surface area contributed by atoms with Crippen LogP contribution in [0.4, 0.5) is 0 Å². The van der Waals surface area contributed by atoms with Gasteiger partial charge in [-0.05, 0) is 39.8 Å². The molecule has 1 aromatic heterocycles. The first-order valence-corrected chi connectivity index (χ1v) is 7.73. The van der Waals surface area contributed by atoms with Gasteiger partial charge in [-0.25, -0.2) is 4.98 Å². The summed E-state index contributed by atoms with van der Waals surface area (Å²) in [6.45, 7) is 8.23. The molecule has 4 nitrogen and oxygen atoms in total. The van der Waals surface area contributed by atoms with E-state index in [1.165, 1.54) is 0 Å². The van der Waals surface area contributed by atoms with Crippen molar-refractivity contribution < 1.29 is 9.31 Å². The highest BCUT2D eigenvalue weighted by atomic mass is 79.9. The molecule has 1 aliphatic rings. The highest BCUT2D eigenvalue weighted by Crippen LogP contribution is 2.37. The number of rotatable bonds is 2. The third-order valence-corrected chi connectivity index (χ3v) is 4.78. The first kappa shape index (κ1) is 14.8. The molecule has 6 heteroatoms. The van der Waals surface area contributed by atoms with Gasteiger partial charge in [-0.15, -0.1) is 0 Å². The zero-order chi connectivity index (χ0) is 15.3. The Morgan fingerprint density at radius 2 is 1.81 bits per heavy atom. The summed E-state index contributed by atoms with van der Waals surface area (Å²) in [7, 11) is -0.388. The van der Waals surface area contributed by atoms with Crippen LogP contribution < -0.4 is 5.46 Å². The maximum atomic E-state index is 6.16. The summed E-state index contributed by atoms with van der Waals surface area (Å²) in [5, 5.41) is 0. The zero-order valence-corrected chi connectivity index (χ0v) is 14.2. The van der Waals surface area contributed by atoms with Crippen molar-refractivity contribution in [2.75, 3.05) is 0 Å². The van der Waals surface area contributed by atoms with Gasteiger partial charge in [0.05, 0.1) is 17.5 Å². The molecule has 1 saturated heterocycles. The van der Waals surface area contributed by atoms with Gasteiger partial charge in [0.2, 0.25) is 0 Å². The summed E-state index contributed by atoms with van der Waals surface area (Å²) in [6.07, 6.45) is 5.45. The Balaban J connectivity index is 2.05. The maximum absolute atomic E-state index is 6.16. The van der Waals surface area contributed by atoms with Gasteiger partial charge in [0.1, 0.15) is 0 Å². The lowest BCUT2D eigenvalue weighted by atomic mass is 9.77. The molecular formula is C15H18BBrN2O2. The van der Waals surface area contributed by atoms with E-state index >= 15 is 0 Å². The van der Waals surface area contributed by atoms with Crippen LogP contribution in [0.25, 0.3) is 5.69 Å². The topological polar surface area (TPSA) is 36.3 Å². The number of nitrogens with zero attached hydrogens (tertiary/aromatic N) is 2. The Kier molecular flexibility index (Phi) is 3.51. The molecule has 2 heterocycles. The highest BCUT2D eigenvalue weighted by molar-refractivity contribution is 9.10. The number of hydrogen-bond acceptors (Lipinski definition) is 3. The standard InChI is InChI=1S/C15H18BBrN2O2/c1-14(2)15(3,4)21-16(20-14)12-6-5-11(17)9-13(12)19-8-7-18-10-19/h5-10H,1-4H3. The van der Waals surface area contributed by atoms with Crippen LogP contribution in [-0.4, -0.2) is 27.9 Å². The summed E-state index contributed by atoms with van der Waals surface area (Å²) in [4.78, 5) is 4.12. The molecule has 0 atom stereocenters. The molecule has 0 amide bonds. The summed E-state index contributed by atoms with van der Waals surface area (Å²) in [6, 6.07) is 6.07. The Hall–Kier alpha value is -1.11. The third-order valence-electron chi connectivity index (χ3n) is 4.28. The van der Waals surface area contributed by atoms with Crippen LogP contribution in [-0.2, 0) is 9.31 Å². The molecule has 0 unspecified atom stereocenters. The number of halogens is 1. The second-order valence-corrected chi connectivity index (χ2v) is 7.18. The molecule has 0 N–H and O–H groups in total. The van der Waals surface area contributed by atoms with E-state index in [9.17, 15) is 0 Å². The van der Waals surface area contributed by atoms with Gasteiger partial charge in [-0.3, -0.25) is 0 Å². The molecular weight excluding hydrogens is 331 g/mol. The van der Waals surface area contributed by atoms with Gasteiger partial charge < -0.3 is 13.9 Å². The number of aromatic nitrogens is 2. The van der Waals surface area contributed by atoms with Gasteiger partial charge >= 0.3 is 7.12 Å². The first-order chi connectivity index (χ1) is 9.80. The van der Waals surface area contributed by atoms with E-state index < -0.39 is 0 Å². The van der Waals surface area contributed by atoms with Crippen molar-refractivity contribution in [2.24, 2.45) is 0 Å². The molecule has 0 radical (unpaired) electrons. The average molecular weight is 349 g/mol. The van der Waals surface area contributed by atoms with Gasteiger partial charge in [0.15, 0.2) is 0 Å². The minimum atomic E-state index is -0.388. The maximum Gasteiger partial charge on any atom is 0.497 e. The van der Waals surface area contributed by atoms with Gasteiger partial charge in [0.25, 0.3) is 0 Å². The molecule has 1 fully saturated rings. The van der Waals surface area contributed by atoms with E-state index in [0.717, 1.165) is 15.6 Å². The van der Waals surface area contributed by atoms with Crippen LogP contribution in [0.5, 0.6) is 0 Å². The SMILES string of the molecule is CC1(C)OB(c2ccc(Br)cc2-n2ccnc2)OC1(C)C. The second kappa shape index (κ2) is 4.97. The molecule has 0 aliphatic carbocycles. The number of benzene rings is 1. The van der Waals surface area contributed by atoms with Gasteiger partial charge in [-0.1, -0.05) is 22.0 Å². The van der Waals surface area contributed by atoms with Crippen molar-refractivity contribution >= 4 is 28.5 Å². The average Bonchev–Trinajstić information content (AvgIpc) is 2.96. The summed E-state index contributed by atoms with van der Waals surface area (Å²) < 4.78 is 15.3. The normalized spacial score (nSPS) is 20.0. The fraction of sp³-hybridized carbons (Fsp3) is 0.400. The third kappa shape index (κ3) is 2.56. The predicted octanol–water partition coefficient (Wildman–Crippen LogP) is 2.93. The summed E-state index contributed by atoms with van der Waals surface area (Å²) in [5.74, 6) is 0. The van der Waals surface area contributed by atoms with Crippen molar-refractivity contribution in [3.63, 3.8) is 0 Å². The summed E-state index contributed by atoms with van der Waals surface area (Å²) >= 11 is 3.52. The fourth-order valence-corrected chi connectivity index (χ4v) is 2.66. The van der Waals surface area contributed by atoms with E-state index in [0.29, 0.717) is 0 Å². The van der Waals surface area contributed by atoms with Crippen LogP contribution in [0.3, 0.4) is 0 Å². The minimum absolute atomic E-state index is 0.350. The van der Waals surface area contributed by atoms with Crippen molar-refractivity contribution in [1.82, 2.24) is 9.55 Å². The van der Waals surface area contributed by atoms with Crippen molar-refractivity contribution in [1.29, 1.82) is 0 Å². The fourth-order valence-electron chi connectivity index (χ4n) is 2.31. The van der Waals surface area contributed by atoms with Crippen LogP contribution in [0, 0.1) is 0 Å². The van der Waals surface area contributed by atoms with E-state index in [2.05, 4.69) is 48.6 Å². The molecule has 0 saturated carbocycles. The van der Waals surface area contributed by atoms with Crippen LogP contribution in [0.15, 0.2) is 41.4 Å². The molecule has 1 aromatic carbocycles. The smallest absolute Gasteiger partial charge is 0.399 e. The molecule has 0 spiro atoms. The van der Waals surface area contributed by atoms with Gasteiger partial charge in [0, 0.05) is 28.0 Å². The van der Waals surface area contributed by atoms with E-state index in [1.54, 1.807) is 12.5 Å². The summed E-state index contributed by atoms with van der Waals surface area (Å²) in [5.41, 5.74) is 1.30. The van der Waals surface area contributed by atoms with Gasteiger partial charge in [-0.2, -0.15) is 0 Å². The van der Waals surface area contributed by atoms with E-state index in [4.69, 9.17) is 9.31 Å². The number of imidazole rings is 1. The molecule has 2 aromatic rings. The zero-order valence-electron chi connectivity index (χ0n) is 12.6. The quantitative estimate of drug-likeness (QED) is 0.783. The monoisotopic (exact) mass is 348 g/mol. The minimum Gasteiger partial charge on any atom is -0.399 e. The van der Waals surface area contributed by atoms with Crippen LogP contribution in [0.2, 0.25) is 0 Å². The van der Waals surface area contributed by atoms with Crippen LogP contribution in [0.1, 0.15) is 27.7 Å². The Morgan fingerprint density at radius 3 is 2.38 bits per heavy atom. The Bertz CT molecular complexity index is 640. The van der Waals surface area contributed by atoms with Crippen molar-refractivity contribution in [3.8, 4) is 5.69 Å². The van der Waals surface area contributed by atoms with Crippen LogP contribution >= 0.6 is 15.9 Å². The molecule has 110 valence electrons. The predicted molar refractivity (Wildman–Crippen MR) is 87.0 cm³/mol. The lowest BCUT2D eigenvalue weighted by molar-refractivity contribution is 0.00578. The Labute approximate surface area is 133 Å². The van der Waals surface area contributed by atoms with E-state index in [1.807, 2.05) is 29.0 Å². The highest BCUT2D eigenvalue weighted by Gasteiger charge is 2.52. The molecule has 21 heavy (non-hydrogen) atoms. The van der Waals surface area contributed by atoms with Crippen molar-refractivity contribution in [3.05, 3.63) is 41.4 Å². The molecule has 1 aliphatic heterocycles. The molecule has 0 bridgehead atoms. The van der Waals surface area contributed by atoms with E-state index in [-0.39, 0.29) is 18.3 Å².